The van der Waals surface area contributed by atoms with Crippen LogP contribution in [0.1, 0.15) is 32.1 Å². The molecular formula is C19H23N2O. The van der Waals surface area contributed by atoms with Crippen LogP contribution in [0.25, 0.3) is 5.69 Å². The van der Waals surface area contributed by atoms with Gasteiger partial charge >= 0.3 is 0 Å². The van der Waals surface area contributed by atoms with Crippen LogP contribution in [0, 0.1) is 6.07 Å². The quantitative estimate of drug-likeness (QED) is 0.856. The van der Waals surface area contributed by atoms with Crippen LogP contribution in [0.5, 0.6) is 5.75 Å². The summed E-state index contributed by atoms with van der Waals surface area (Å²) in [5.41, 5.74) is 1.15. The summed E-state index contributed by atoms with van der Waals surface area (Å²) in [5, 5.41) is 0. The van der Waals surface area contributed by atoms with Crippen molar-refractivity contribution >= 4 is 0 Å². The second-order valence-electron chi connectivity index (χ2n) is 6.45. The first-order valence-electron chi connectivity index (χ1n) is 8.44. The van der Waals surface area contributed by atoms with E-state index in [2.05, 4.69) is 39.8 Å². The second kappa shape index (κ2) is 6.17. The van der Waals surface area contributed by atoms with Crippen LogP contribution in [-0.2, 0) is 0 Å². The van der Waals surface area contributed by atoms with Crippen molar-refractivity contribution in [1.29, 1.82) is 0 Å². The number of aromatic nitrogens is 1. The molecule has 1 saturated heterocycles. The number of benzene rings is 1. The molecule has 2 aliphatic rings. The molecule has 2 fully saturated rings. The average Bonchev–Trinajstić information content (AvgIpc) is 3.03. The summed E-state index contributed by atoms with van der Waals surface area (Å²) in [6, 6.07) is 14.2. The fourth-order valence-corrected chi connectivity index (χ4v) is 3.45. The lowest BCUT2D eigenvalue weighted by atomic mass is 9.90. The maximum Gasteiger partial charge on any atom is 0.119 e. The first-order valence-corrected chi connectivity index (χ1v) is 8.44. The molecule has 0 N–H and O–H groups in total. The molecule has 1 aromatic carbocycles. The number of likely N-dealkylation sites (tertiary alicyclic amines) is 1. The van der Waals surface area contributed by atoms with Crippen molar-refractivity contribution in [2.24, 2.45) is 0 Å². The summed E-state index contributed by atoms with van der Waals surface area (Å²) in [4.78, 5) is 2.66. The van der Waals surface area contributed by atoms with E-state index < -0.39 is 0 Å². The first kappa shape index (κ1) is 13.9. The summed E-state index contributed by atoms with van der Waals surface area (Å²) in [6.45, 7) is 2.40. The van der Waals surface area contributed by atoms with Crippen molar-refractivity contribution in [3.63, 3.8) is 0 Å². The molecule has 0 amide bonds. The Morgan fingerprint density at radius 2 is 1.77 bits per heavy atom. The Morgan fingerprint density at radius 3 is 2.36 bits per heavy atom. The fraction of sp³-hybridized carbons (Fsp3) is 0.474. The fourth-order valence-electron chi connectivity index (χ4n) is 3.45. The summed E-state index contributed by atoms with van der Waals surface area (Å²) in [6.07, 6.45) is 10.9. The zero-order valence-electron chi connectivity index (χ0n) is 12.9. The van der Waals surface area contributed by atoms with E-state index in [1.807, 2.05) is 18.5 Å². The van der Waals surface area contributed by atoms with Gasteiger partial charge in [-0.25, -0.2) is 0 Å². The molecule has 1 saturated carbocycles. The van der Waals surface area contributed by atoms with Crippen LogP contribution >= 0.6 is 0 Å². The molecule has 4 rings (SSSR count). The highest BCUT2D eigenvalue weighted by Gasteiger charge is 2.29. The molecule has 0 bridgehead atoms. The summed E-state index contributed by atoms with van der Waals surface area (Å²) >= 11 is 0. The summed E-state index contributed by atoms with van der Waals surface area (Å²) < 4.78 is 8.22. The minimum absolute atomic E-state index is 0.377. The second-order valence-corrected chi connectivity index (χ2v) is 6.45. The SMILES string of the molecule is [c]1ccn(-c2ccc(OC3CCN(C4CCC4)CC3)cc2)c1. The van der Waals surface area contributed by atoms with Crippen LogP contribution in [0.15, 0.2) is 42.7 Å². The van der Waals surface area contributed by atoms with E-state index in [-0.39, 0.29) is 0 Å². The topological polar surface area (TPSA) is 17.4 Å². The van der Waals surface area contributed by atoms with E-state index in [1.165, 1.54) is 32.4 Å². The highest BCUT2D eigenvalue weighted by molar-refractivity contribution is 5.37. The lowest BCUT2D eigenvalue weighted by Gasteiger charge is -2.41. The summed E-state index contributed by atoms with van der Waals surface area (Å²) in [7, 11) is 0. The maximum absolute atomic E-state index is 6.16. The number of piperidine rings is 1. The Hall–Kier alpha value is -1.74. The molecule has 3 heteroatoms. The molecule has 0 spiro atoms. The van der Waals surface area contributed by atoms with Gasteiger partial charge in [-0.2, -0.15) is 0 Å². The van der Waals surface area contributed by atoms with Gasteiger partial charge in [-0.15, -0.1) is 0 Å². The Kier molecular flexibility index (Phi) is 3.90. The standard InChI is InChI=1S/C19H23N2O/c1-2-13-20(12-1)17-6-8-18(9-7-17)22-19-10-14-21(15-11-19)16-4-3-5-16/h1,6-9,12-13,16,19H,3-5,10-11,14-15H2. The van der Waals surface area contributed by atoms with Gasteiger partial charge in [0.05, 0.1) is 0 Å². The third-order valence-electron chi connectivity index (χ3n) is 5.05. The lowest BCUT2D eigenvalue weighted by Crippen LogP contribution is -2.46. The Bertz CT molecular complexity index is 578. The van der Waals surface area contributed by atoms with Crippen LogP contribution < -0.4 is 4.74 Å². The van der Waals surface area contributed by atoms with Gasteiger partial charge in [0.25, 0.3) is 0 Å². The predicted molar refractivity (Wildman–Crippen MR) is 87.5 cm³/mol. The molecule has 0 unspecified atom stereocenters. The molecule has 2 heterocycles. The molecule has 1 radical (unpaired) electrons. The average molecular weight is 295 g/mol. The van der Waals surface area contributed by atoms with Crippen molar-refractivity contribution in [2.45, 2.75) is 44.2 Å². The number of hydrogen-bond acceptors (Lipinski definition) is 2. The normalized spacial score (nSPS) is 20.7. The monoisotopic (exact) mass is 295 g/mol. The van der Waals surface area contributed by atoms with Gasteiger partial charge in [0, 0.05) is 43.3 Å². The highest BCUT2D eigenvalue weighted by Crippen LogP contribution is 2.28. The van der Waals surface area contributed by atoms with E-state index >= 15 is 0 Å². The van der Waals surface area contributed by atoms with Crippen LogP contribution in [0.4, 0.5) is 0 Å². The van der Waals surface area contributed by atoms with E-state index in [4.69, 9.17) is 4.74 Å². The van der Waals surface area contributed by atoms with Gasteiger partial charge < -0.3 is 14.2 Å². The molecule has 115 valence electrons. The smallest absolute Gasteiger partial charge is 0.119 e. The van der Waals surface area contributed by atoms with Crippen LogP contribution in [0.3, 0.4) is 0 Å². The van der Waals surface area contributed by atoms with Crippen molar-refractivity contribution in [3.05, 3.63) is 48.8 Å². The highest BCUT2D eigenvalue weighted by atomic mass is 16.5. The number of nitrogens with zero attached hydrogens (tertiary/aromatic N) is 2. The summed E-state index contributed by atoms with van der Waals surface area (Å²) in [5.74, 6) is 0.988. The van der Waals surface area contributed by atoms with Crippen LogP contribution in [-0.4, -0.2) is 34.7 Å². The van der Waals surface area contributed by atoms with Gasteiger partial charge in [-0.1, -0.05) is 6.42 Å². The van der Waals surface area contributed by atoms with E-state index in [1.54, 1.807) is 0 Å². The van der Waals surface area contributed by atoms with Crippen molar-refractivity contribution in [2.75, 3.05) is 13.1 Å². The van der Waals surface area contributed by atoms with E-state index in [0.29, 0.717) is 6.10 Å². The lowest BCUT2D eigenvalue weighted by molar-refractivity contribution is 0.0493. The van der Waals surface area contributed by atoms with Gasteiger partial charge in [0.1, 0.15) is 11.9 Å². The van der Waals surface area contributed by atoms with Crippen molar-refractivity contribution < 1.29 is 4.74 Å². The Balaban J connectivity index is 1.32. The molecular weight excluding hydrogens is 272 g/mol. The van der Waals surface area contributed by atoms with Gasteiger partial charge in [-0.3, -0.25) is 0 Å². The first-order chi connectivity index (χ1) is 10.9. The Morgan fingerprint density at radius 1 is 1.00 bits per heavy atom. The van der Waals surface area contributed by atoms with Crippen molar-refractivity contribution in [1.82, 2.24) is 9.47 Å². The zero-order valence-corrected chi connectivity index (χ0v) is 12.9. The minimum Gasteiger partial charge on any atom is -0.490 e. The van der Waals surface area contributed by atoms with Crippen LogP contribution in [0.2, 0.25) is 0 Å². The molecule has 3 nitrogen and oxygen atoms in total. The van der Waals surface area contributed by atoms with E-state index in [0.717, 1.165) is 30.3 Å². The van der Waals surface area contributed by atoms with Gasteiger partial charge in [0.15, 0.2) is 0 Å². The Labute approximate surface area is 132 Å². The number of hydrogen-bond donors (Lipinski definition) is 0. The molecule has 2 aromatic rings. The van der Waals surface area contributed by atoms with E-state index in [9.17, 15) is 0 Å². The molecule has 22 heavy (non-hydrogen) atoms. The van der Waals surface area contributed by atoms with Crippen molar-refractivity contribution in [3.8, 4) is 11.4 Å². The predicted octanol–water partition coefficient (Wildman–Crippen LogP) is 3.67. The third kappa shape index (κ3) is 2.91. The zero-order chi connectivity index (χ0) is 14.8. The largest absolute Gasteiger partial charge is 0.490 e. The van der Waals surface area contributed by atoms with Gasteiger partial charge in [0.2, 0.25) is 0 Å². The molecule has 1 aliphatic heterocycles. The number of ether oxygens (including phenoxy) is 1. The third-order valence-corrected chi connectivity index (χ3v) is 5.05. The molecule has 0 atom stereocenters. The van der Waals surface area contributed by atoms with Gasteiger partial charge in [-0.05, 0) is 56.0 Å². The molecule has 1 aromatic heterocycles. The maximum atomic E-state index is 6.16. The minimum atomic E-state index is 0.377. The molecule has 1 aliphatic carbocycles. The number of rotatable bonds is 4.